The molecule has 0 aromatic carbocycles. The molecule has 0 atom stereocenters. The van der Waals surface area contributed by atoms with Crippen molar-refractivity contribution >= 4 is 61.7 Å². The van der Waals surface area contributed by atoms with Crippen molar-refractivity contribution in [2.45, 2.75) is 0 Å². The normalized spacial score (nSPS) is 0. The molecule has 0 fully saturated rings. The standard InChI is InChI=1S/Ca.Fe.HI.Zn.2H/h;;1H;;;/q+2;;;;2*-1. The summed E-state index contributed by atoms with van der Waals surface area (Å²) >= 11 is 0. The Hall–Kier alpha value is 3.13. The molecule has 0 N–H and O–H groups in total. The zero-order valence-electron chi connectivity index (χ0n) is 4.18. The Bertz CT molecular complexity index is 13.5. The molecule has 0 amide bonds. The first-order valence-electron chi connectivity index (χ1n) is 0. The van der Waals surface area contributed by atoms with E-state index in [4.69, 9.17) is 0 Å². The minimum atomic E-state index is 0. The molecular weight excluding hydrogens is 288 g/mol. The van der Waals surface area contributed by atoms with E-state index >= 15 is 0 Å². The molecule has 0 radical (unpaired) electrons. The molecule has 0 bridgehead atoms. The molecule has 0 rings (SSSR count). The van der Waals surface area contributed by atoms with Crippen LogP contribution in [0.1, 0.15) is 2.85 Å². The van der Waals surface area contributed by atoms with Gasteiger partial charge >= 0.3 is 37.7 Å². The Labute approximate surface area is 99.1 Å². The molecule has 0 aliphatic heterocycles. The van der Waals surface area contributed by atoms with E-state index in [1.165, 1.54) is 0 Å². The molecule has 0 aliphatic rings. The van der Waals surface area contributed by atoms with Gasteiger partial charge in [-0.2, -0.15) is 0 Å². The number of hydrogen-bond donors (Lipinski definition) is 0. The van der Waals surface area contributed by atoms with Crippen LogP contribution in [0.25, 0.3) is 0 Å². The van der Waals surface area contributed by atoms with E-state index in [1.54, 1.807) is 0 Å². The Balaban J connectivity index is 0. The van der Waals surface area contributed by atoms with Crippen LogP contribution in [0.15, 0.2) is 0 Å². The maximum Gasteiger partial charge on any atom is 2.00 e. The molecule has 0 saturated heterocycles. The summed E-state index contributed by atoms with van der Waals surface area (Å²) in [6, 6.07) is 0. The van der Waals surface area contributed by atoms with Crippen LogP contribution >= 0.6 is 24.0 Å². The number of hydrogen-bond acceptors (Lipinski definition) is 0. The molecule has 0 heterocycles. The first kappa shape index (κ1) is 27.3. The molecule has 0 unspecified atom stereocenters. The summed E-state index contributed by atoms with van der Waals surface area (Å²) in [5.74, 6) is 0. The average Bonchev–Trinajstić information content (AvgIpc) is 0. The fourth-order valence-corrected chi connectivity index (χ4v) is 0. The van der Waals surface area contributed by atoms with Gasteiger partial charge in [-0.15, -0.1) is 24.0 Å². The van der Waals surface area contributed by atoms with Crippen molar-refractivity contribution < 1.29 is 39.4 Å². The molecule has 0 saturated carbocycles. The van der Waals surface area contributed by atoms with Crippen molar-refractivity contribution in [2.24, 2.45) is 0 Å². The first-order chi connectivity index (χ1) is 0. The quantitative estimate of drug-likeness (QED) is 0.449. The SMILES string of the molecule is I.[Ca+2].[Fe].[H-].[H-].[Zn]. The van der Waals surface area contributed by atoms with Gasteiger partial charge in [-0.25, -0.2) is 0 Å². The van der Waals surface area contributed by atoms with Gasteiger partial charge in [0.05, 0.1) is 0 Å². The third kappa shape index (κ3) is 8.93. The molecule has 0 aliphatic carbocycles. The number of halogens is 1. The van der Waals surface area contributed by atoms with Crippen molar-refractivity contribution in [1.29, 1.82) is 0 Å². The number of rotatable bonds is 0. The molecule has 0 spiro atoms. The van der Waals surface area contributed by atoms with Crippen molar-refractivity contribution in [3.05, 3.63) is 0 Å². The topological polar surface area (TPSA) is 0 Å². The Morgan fingerprint density at radius 2 is 1.25 bits per heavy atom. The van der Waals surface area contributed by atoms with Gasteiger partial charge < -0.3 is 2.85 Å². The fourth-order valence-electron chi connectivity index (χ4n) is 0. The second-order valence-corrected chi connectivity index (χ2v) is 0. The summed E-state index contributed by atoms with van der Waals surface area (Å²) < 4.78 is 0. The van der Waals surface area contributed by atoms with Crippen LogP contribution in [0.2, 0.25) is 0 Å². The van der Waals surface area contributed by atoms with Crippen molar-refractivity contribution in [3.8, 4) is 0 Å². The van der Waals surface area contributed by atoms with Gasteiger partial charge in [0.2, 0.25) is 0 Å². The predicted molar refractivity (Wildman–Crippen MR) is 23.4 cm³/mol. The van der Waals surface area contributed by atoms with E-state index < -0.39 is 0 Å². The Kier molecular flexibility index (Phi) is 113. The summed E-state index contributed by atoms with van der Waals surface area (Å²) in [6.45, 7) is 0. The molecule has 0 aromatic rings. The fraction of sp³-hybridized carbons (Fsp3) is 0. The zero-order valence-corrected chi connectivity index (χ0v) is 10.8. The summed E-state index contributed by atoms with van der Waals surface area (Å²) in [5.41, 5.74) is 0. The Morgan fingerprint density at radius 3 is 1.25 bits per heavy atom. The zero-order chi connectivity index (χ0) is 0. The second kappa shape index (κ2) is 16.5. The molecule has 4 heteroatoms. The van der Waals surface area contributed by atoms with Crippen LogP contribution in [0, 0.1) is 0 Å². The minimum absolute atomic E-state index is 0. The maximum atomic E-state index is 0. The van der Waals surface area contributed by atoms with Gasteiger partial charge in [0.15, 0.2) is 0 Å². The monoisotopic (exact) mass is 290 g/mol. The van der Waals surface area contributed by atoms with Crippen molar-refractivity contribution in [2.75, 3.05) is 0 Å². The van der Waals surface area contributed by atoms with E-state index in [0.717, 1.165) is 0 Å². The van der Waals surface area contributed by atoms with Crippen LogP contribution in [0.5, 0.6) is 0 Å². The van der Waals surface area contributed by atoms with Crippen LogP contribution in [0.3, 0.4) is 0 Å². The minimum Gasteiger partial charge on any atom is -1.00 e. The van der Waals surface area contributed by atoms with Gasteiger partial charge in [-0.3, -0.25) is 0 Å². The van der Waals surface area contributed by atoms with E-state index in [2.05, 4.69) is 0 Å². The Morgan fingerprint density at radius 1 is 1.25 bits per heavy atom. The first-order valence-corrected chi connectivity index (χ1v) is 0. The second-order valence-electron chi connectivity index (χ2n) is 0. The van der Waals surface area contributed by atoms with Crippen LogP contribution in [-0.2, 0) is 36.5 Å². The van der Waals surface area contributed by atoms with Gasteiger partial charge in [-0.05, 0) is 0 Å². The summed E-state index contributed by atoms with van der Waals surface area (Å²) in [7, 11) is 0. The van der Waals surface area contributed by atoms with Crippen LogP contribution in [-0.4, -0.2) is 37.7 Å². The van der Waals surface area contributed by atoms with Crippen LogP contribution in [0.4, 0.5) is 0 Å². The van der Waals surface area contributed by atoms with Crippen LogP contribution < -0.4 is 0 Å². The van der Waals surface area contributed by atoms with Gasteiger partial charge in [-0.1, -0.05) is 0 Å². The predicted octanol–water partition coefficient (Wildman–Crippen LogP) is 0.457. The summed E-state index contributed by atoms with van der Waals surface area (Å²) in [5, 5.41) is 0. The maximum absolute atomic E-state index is 0. The molecule has 0 aromatic heterocycles. The third-order valence-electron chi connectivity index (χ3n) is 0. The van der Waals surface area contributed by atoms with E-state index in [9.17, 15) is 0 Å². The van der Waals surface area contributed by atoms with Gasteiger partial charge in [0.1, 0.15) is 0 Å². The van der Waals surface area contributed by atoms with E-state index in [0.29, 0.717) is 0 Å². The van der Waals surface area contributed by atoms with Gasteiger partial charge in [0, 0.05) is 36.5 Å². The largest absolute Gasteiger partial charge is 2.00 e. The van der Waals surface area contributed by atoms with E-state index in [-0.39, 0.29) is 101 Å². The molecule has 0 nitrogen and oxygen atoms in total. The van der Waals surface area contributed by atoms with Crippen molar-refractivity contribution in [3.63, 3.8) is 0 Å². The average molecular weight is 291 g/mol. The molecule has 4 heavy (non-hydrogen) atoms. The van der Waals surface area contributed by atoms with E-state index in [1.807, 2.05) is 0 Å². The summed E-state index contributed by atoms with van der Waals surface area (Å²) in [4.78, 5) is 0. The molecule has 22 valence electrons. The third-order valence-corrected chi connectivity index (χ3v) is 0. The smallest absolute Gasteiger partial charge is 1.00 e. The van der Waals surface area contributed by atoms with Crippen molar-refractivity contribution in [1.82, 2.24) is 0 Å². The van der Waals surface area contributed by atoms with Gasteiger partial charge in [0.25, 0.3) is 0 Å². The molecular formula is H3CaFeIZn. The summed E-state index contributed by atoms with van der Waals surface area (Å²) in [6.07, 6.45) is 0.